The summed E-state index contributed by atoms with van der Waals surface area (Å²) in [7, 11) is 0. The van der Waals surface area contributed by atoms with Crippen molar-refractivity contribution in [2.24, 2.45) is 0 Å². The molecule has 0 saturated carbocycles. The fourth-order valence-corrected chi connectivity index (χ4v) is 2.44. The van der Waals surface area contributed by atoms with Gasteiger partial charge in [-0.2, -0.15) is 0 Å². The van der Waals surface area contributed by atoms with Gasteiger partial charge < -0.3 is 5.73 Å². The Hall–Kier alpha value is -1.77. The van der Waals surface area contributed by atoms with Gasteiger partial charge in [0.15, 0.2) is 11.6 Å². The highest BCUT2D eigenvalue weighted by Gasteiger charge is 2.14. The molecule has 102 valence electrons. The van der Waals surface area contributed by atoms with Gasteiger partial charge in [-0.15, -0.1) is 0 Å². The molecule has 3 nitrogen and oxygen atoms in total. The number of nitrogens with two attached hydrogens (primary N) is 1. The van der Waals surface area contributed by atoms with Crippen LogP contribution in [-0.4, -0.2) is 9.55 Å². The normalized spacial score (nSPS) is 11.2. The quantitative estimate of drug-likeness (QED) is 0.647. The first-order valence-corrected chi connectivity index (χ1v) is 6.63. The summed E-state index contributed by atoms with van der Waals surface area (Å²) in [5, 5.41) is 0. The standard InChI is InChI=1S/C13H7F3IN3/c14-7-2-1-6(3-8(7)15)20-12-4-9(16)10(17)5-11(12)19-13(20)18/h1-5H,(H2,18,19). The number of fused-ring (bicyclic) bond motifs is 1. The third-order valence-electron chi connectivity index (χ3n) is 2.88. The Labute approximate surface area is 125 Å². The van der Waals surface area contributed by atoms with Gasteiger partial charge in [0.05, 0.1) is 20.3 Å². The first-order valence-electron chi connectivity index (χ1n) is 5.56. The Balaban J connectivity index is 2.32. The molecule has 3 rings (SSSR count). The van der Waals surface area contributed by atoms with E-state index in [4.69, 9.17) is 5.73 Å². The minimum absolute atomic E-state index is 0.0763. The largest absolute Gasteiger partial charge is 0.369 e. The maximum absolute atomic E-state index is 13.7. The highest BCUT2D eigenvalue weighted by Crippen LogP contribution is 2.26. The third-order valence-corrected chi connectivity index (χ3v) is 3.71. The van der Waals surface area contributed by atoms with Gasteiger partial charge in [-0.1, -0.05) is 0 Å². The molecule has 0 aliphatic carbocycles. The maximum atomic E-state index is 13.7. The second-order valence-corrected chi connectivity index (χ2v) is 5.32. The lowest BCUT2D eigenvalue weighted by Gasteiger charge is -2.07. The van der Waals surface area contributed by atoms with E-state index in [1.54, 1.807) is 0 Å². The van der Waals surface area contributed by atoms with E-state index in [2.05, 4.69) is 4.98 Å². The molecule has 0 aliphatic heterocycles. The van der Waals surface area contributed by atoms with Gasteiger partial charge in [0.25, 0.3) is 0 Å². The van der Waals surface area contributed by atoms with Crippen molar-refractivity contribution in [3.63, 3.8) is 0 Å². The van der Waals surface area contributed by atoms with Gasteiger partial charge in [0.1, 0.15) is 5.82 Å². The molecule has 0 bridgehead atoms. The maximum Gasteiger partial charge on any atom is 0.205 e. The number of anilines is 1. The van der Waals surface area contributed by atoms with Crippen LogP contribution in [0.15, 0.2) is 30.3 Å². The molecule has 0 aliphatic rings. The molecule has 0 spiro atoms. The molecule has 1 heterocycles. The molecule has 0 unspecified atom stereocenters. The van der Waals surface area contributed by atoms with Crippen LogP contribution >= 0.6 is 22.6 Å². The molecule has 20 heavy (non-hydrogen) atoms. The Morgan fingerprint density at radius 3 is 2.45 bits per heavy atom. The summed E-state index contributed by atoms with van der Waals surface area (Å²) in [6, 6.07) is 6.13. The summed E-state index contributed by atoms with van der Waals surface area (Å²) in [5.41, 5.74) is 6.95. The molecule has 3 aromatic rings. The van der Waals surface area contributed by atoms with Gasteiger partial charge >= 0.3 is 0 Å². The molecule has 0 fully saturated rings. The Morgan fingerprint density at radius 1 is 1.00 bits per heavy atom. The first-order chi connectivity index (χ1) is 9.47. The minimum Gasteiger partial charge on any atom is -0.369 e. The summed E-state index contributed by atoms with van der Waals surface area (Å²) in [6.07, 6.45) is 0. The predicted molar refractivity (Wildman–Crippen MR) is 78.1 cm³/mol. The molecule has 1 aromatic heterocycles. The molecular formula is C13H7F3IN3. The second-order valence-electron chi connectivity index (χ2n) is 4.16. The van der Waals surface area contributed by atoms with Gasteiger partial charge in [-0.25, -0.2) is 18.2 Å². The van der Waals surface area contributed by atoms with Crippen molar-refractivity contribution in [1.82, 2.24) is 9.55 Å². The highest BCUT2D eigenvalue weighted by atomic mass is 127. The van der Waals surface area contributed by atoms with E-state index in [0.29, 0.717) is 14.6 Å². The number of benzene rings is 2. The van der Waals surface area contributed by atoms with E-state index in [0.717, 1.165) is 12.1 Å². The van der Waals surface area contributed by atoms with Crippen molar-refractivity contribution in [1.29, 1.82) is 0 Å². The van der Waals surface area contributed by atoms with Crippen LogP contribution in [-0.2, 0) is 0 Å². The van der Waals surface area contributed by atoms with E-state index < -0.39 is 17.5 Å². The first kappa shape index (κ1) is 13.2. The number of halogens is 4. The number of nitrogen functional groups attached to an aromatic ring is 1. The number of aromatic nitrogens is 2. The fourth-order valence-electron chi connectivity index (χ4n) is 1.99. The SMILES string of the molecule is Nc1nc2cc(I)c(F)cc2n1-c1ccc(F)c(F)c1. The Bertz CT molecular complexity index is 829. The zero-order valence-electron chi connectivity index (χ0n) is 9.87. The fraction of sp³-hybridized carbons (Fsp3) is 0. The number of hydrogen-bond donors (Lipinski definition) is 1. The summed E-state index contributed by atoms with van der Waals surface area (Å²) in [6.45, 7) is 0. The smallest absolute Gasteiger partial charge is 0.205 e. The number of hydrogen-bond acceptors (Lipinski definition) is 2. The lowest BCUT2D eigenvalue weighted by molar-refractivity contribution is 0.508. The van der Waals surface area contributed by atoms with Crippen LogP contribution in [0.5, 0.6) is 0 Å². The van der Waals surface area contributed by atoms with E-state index in [9.17, 15) is 13.2 Å². The van der Waals surface area contributed by atoms with Crippen LogP contribution in [0.4, 0.5) is 19.1 Å². The molecule has 0 atom stereocenters. The van der Waals surface area contributed by atoms with Crippen molar-refractivity contribution >= 4 is 39.6 Å². The minimum atomic E-state index is -1.00. The number of rotatable bonds is 1. The van der Waals surface area contributed by atoms with Crippen LogP contribution in [0.25, 0.3) is 16.7 Å². The Kier molecular flexibility index (Phi) is 3.08. The van der Waals surface area contributed by atoms with Gasteiger partial charge in [0.2, 0.25) is 5.95 Å². The van der Waals surface area contributed by atoms with Crippen molar-refractivity contribution in [2.45, 2.75) is 0 Å². The van der Waals surface area contributed by atoms with Gasteiger partial charge in [-0.3, -0.25) is 4.57 Å². The van der Waals surface area contributed by atoms with Gasteiger partial charge in [-0.05, 0) is 40.8 Å². The van der Waals surface area contributed by atoms with E-state index in [1.165, 1.54) is 22.8 Å². The van der Waals surface area contributed by atoms with E-state index in [1.807, 2.05) is 22.6 Å². The summed E-state index contributed by atoms with van der Waals surface area (Å²) < 4.78 is 41.8. The zero-order valence-corrected chi connectivity index (χ0v) is 12.0. The van der Waals surface area contributed by atoms with Crippen molar-refractivity contribution in [3.05, 3.63) is 51.4 Å². The summed E-state index contributed by atoms with van der Waals surface area (Å²) >= 11 is 1.84. The highest BCUT2D eigenvalue weighted by molar-refractivity contribution is 14.1. The second kappa shape index (κ2) is 4.65. The average molecular weight is 389 g/mol. The molecule has 0 amide bonds. The predicted octanol–water partition coefficient (Wildman–Crippen LogP) is 3.63. The van der Waals surface area contributed by atoms with Crippen molar-refractivity contribution < 1.29 is 13.2 Å². The van der Waals surface area contributed by atoms with Crippen LogP contribution in [0.2, 0.25) is 0 Å². The van der Waals surface area contributed by atoms with Crippen molar-refractivity contribution in [2.75, 3.05) is 5.73 Å². The molecule has 7 heteroatoms. The van der Waals surface area contributed by atoms with Crippen LogP contribution in [0, 0.1) is 21.0 Å². The van der Waals surface area contributed by atoms with Crippen molar-refractivity contribution in [3.8, 4) is 5.69 Å². The number of nitrogens with zero attached hydrogens (tertiary/aromatic N) is 2. The average Bonchev–Trinajstić information content (AvgIpc) is 2.69. The number of imidazole rings is 1. The van der Waals surface area contributed by atoms with E-state index in [-0.39, 0.29) is 11.6 Å². The molecule has 2 aromatic carbocycles. The third kappa shape index (κ3) is 2.01. The molecular weight excluding hydrogens is 382 g/mol. The van der Waals surface area contributed by atoms with Gasteiger partial charge in [0, 0.05) is 12.1 Å². The molecule has 0 saturated heterocycles. The van der Waals surface area contributed by atoms with Crippen LogP contribution in [0.3, 0.4) is 0 Å². The van der Waals surface area contributed by atoms with E-state index >= 15 is 0 Å². The lowest BCUT2D eigenvalue weighted by Crippen LogP contribution is -2.01. The summed E-state index contributed by atoms with van der Waals surface area (Å²) in [5.74, 6) is -2.32. The van der Waals surface area contributed by atoms with Crippen LogP contribution in [0.1, 0.15) is 0 Å². The van der Waals surface area contributed by atoms with Crippen LogP contribution < -0.4 is 5.73 Å². The monoisotopic (exact) mass is 389 g/mol. The summed E-state index contributed by atoms with van der Waals surface area (Å²) in [4.78, 5) is 4.10. The zero-order chi connectivity index (χ0) is 14.4. The Morgan fingerprint density at radius 2 is 1.75 bits per heavy atom. The lowest BCUT2D eigenvalue weighted by atomic mass is 10.2. The molecule has 0 radical (unpaired) electrons. The molecule has 2 N–H and O–H groups in total. The topological polar surface area (TPSA) is 43.8 Å².